The molecule has 0 bridgehead atoms. The lowest BCUT2D eigenvalue weighted by Gasteiger charge is -2.17. The van der Waals surface area contributed by atoms with E-state index in [-0.39, 0.29) is 6.23 Å². The zero-order valence-electron chi connectivity index (χ0n) is 15.2. The number of aromatic nitrogens is 3. The number of thiophene rings is 1. The van der Waals surface area contributed by atoms with E-state index in [0.29, 0.717) is 16.7 Å². The van der Waals surface area contributed by atoms with Gasteiger partial charge in [0.25, 0.3) is 0 Å². The van der Waals surface area contributed by atoms with Gasteiger partial charge in [-0.2, -0.15) is 16.3 Å². The average Bonchev–Trinajstić information content (AvgIpc) is 3.18. The van der Waals surface area contributed by atoms with Gasteiger partial charge in [-0.1, -0.05) is 56.1 Å². The number of para-hydroxylation sites is 1. The first-order chi connectivity index (χ1) is 13.3. The minimum atomic E-state index is -0.294. The summed E-state index contributed by atoms with van der Waals surface area (Å²) in [5.74, 6) is 1.54. The molecule has 1 aromatic carbocycles. The monoisotopic (exact) mass is 398 g/mol. The number of fused-ring (bicyclic) bond motifs is 3. The molecule has 4 rings (SSSR count). The van der Waals surface area contributed by atoms with Crippen molar-refractivity contribution < 1.29 is 4.74 Å². The fraction of sp³-hybridized carbons (Fsp3) is 0.350. The van der Waals surface area contributed by atoms with Gasteiger partial charge in [-0.15, -0.1) is 10.2 Å². The molecule has 3 aromatic rings. The number of rotatable bonds is 7. The van der Waals surface area contributed by atoms with Crippen molar-refractivity contribution in [2.24, 2.45) is 0 Å². The molecule has 3 heterocycles. The lowest BCUT2D eigenvalue weighted by atomic mass is 10.1. The number of thioether (sulfide) groups is 1. The minimum absolute atomic E-state index is 0.294. The highest BCUT2D eigenvalue weighted by Gasteiger charge is 2.26. The van der Waals surface area contributed by atoms with Crippen molar-refractivity contribution >= 4 is 28.8 Å². The Morgan fingerprint density at radius 2 is 2.07 bits per heavy atom. The topological polar surface area (TPSA) is 59.9 Å². The summed E-state index contributed by atoms with van der Waals surface area (Å²) >= 11 is 3.30. The smallest absolute Gasteiger partial charge is 0.247 e. The predicted octanol–water partition coefficient (Wildman–Crippen LogP) is 5.78. The van der Waals surface area contributed by atoms with E-state index in [0.717, 1.165) is 22.6 Å². The first kappa shape index (κ1) is 18.3. The van der Waals surface area contributed by atoms with E-state index in [1.807, 2.05) is 29.6 Å². The molecule has 5 nitrogen and oxygen atoms in total. The van der Waals surface area contributed by atoms with Crippen LogP contribution in [0.2, 0.25) is 0 Å². The molecule has 1 atom stereocenters. The molecular formula is C20H22N4OS2. The number of ether oxygens (including phenoxy) is 1. The standard InChI is InChI=1S/C20H22N4OS2/c1-2-3-4-7-11-27-20-22-19-17(23-24-20)15-8-5-6-9-16(15)21-18(25-19)14-10-12-26-13-14/h5-6,8-10,12-13,18,21H,2-4,7,11H2,1H3/t18-/m1/s1. The van der Waals surface area contributed by atoms with E-state index in [1.54, 1.807) is 23.1 Å². The molecule has 7 heteroatoms. The number of nitrogens with one attached hydrogen (secondary N) is 1. The Labute approximate surface area is 167 Å². The van der Waals surface area contributed by atoms with Gasteiger partial charge in [0, 0.05) is 22.6 Å². The van der Waals surface area contributed by atoms with Gasteiger partial charge in [0.15, 0.2) is 11.9 Å². The first-order valence-corrected chi connectivity index (χ1v) is 11.2. The molecule has 1 N–H and O–H groups in total. The van der Waals surface area contributed by atoms with Crippen molar-refractivity contribution in [3.63, 3.8) is 0 Å². The average molecular weight is 399 g/mol. The van der Waals surface area contributed by atoms with Crippen LogP contribution in [0, 0.1) is 0 Å². The summed E-state index contributed by atoms with van der Waals surface area (Å²) in [7, 11) is 0. The Hall–Kier alpha value is -2.12. The van der Waals surface area contributed by atoms with Gasteiger partial charge < -0.3 is 10.1 Å². The molecule has 1 aliphatic heterocycles. The third kappa shape index (κ3) is 4.25. The third-order valence-corrected chi connectivity index (χ3v) is 6.03. The van der Waals surface area contributed by atoms with Crippen LogP contribution < -0.4 is 10.1 Å². The highest BCUT2D eigenvalue weighted by atomic mass is 32.2. The van der Waals surface area contributed by atoms with E-state index < -0.39 is 0 Å². The SMILES string of the molecule is CCCCCCSc1nnc2c(n1)O[C@H](c1ccsc1)Nc1ccccc1-2. The summed E-state index contributed by atoms with van der Waals surface area (Å²) < 4.78 is 6.24. The quantitative estimate of drug-likeness (QED) is 0.402. The van der Waals surface area contributed by atoms with E-state index in [4.69, 9.17) is 4.74 Å². The van der Waals surface area contributed by atoms with Crippen LogP contribution in [0.1, 0.15) is 44.4 Å². The van der Waals surface area contributed by atoms with Crippen molar-refractivity contribution in [1.82, 2.24) is 15.2 Å². The number of unbranched alkanes of at least 4 members (excludes halogenated alkanes) is 3. The van der Waals surface area contributed by atoms with Crippen LogP contribution in [0.5, 0.6) is 5.88 Å². The largest absolute Gasteiger partial charge is 0.448 e. The van der Waals surface area contributed by atoms with Crippen LogP contribution in [0.25, 0.3) is 11.3 Å². The van der Waals surface area contributed by atoms with Crippen LogP contribution in [0.3, 0.4) is 0 Å². The lowest BCUT2D eigenvalue weighted by molar-refractivity contribution is 0.225. The van der Waals surface area contributed by atoms with Crippen LogP contribution >= 0.6 is 23.1 Å². The van der Waals surface area contributed by atoms with E-state index in [9.17, 15) is 0 Å². The summed E-state index contributed by atoms with van der Waals surface area (Å²) in [5, 5.41) is 17.1. The number of anilines is 1. The second kappa shape index (κ2) is 8.71. The molecule has 2 aromatic heterocycles. The molecule has 0 spiro atoms. The van der Waals surface area contributed by atoms with Crippen LogP contribution in [0.4, 0.5) is 5.69 Å². The van der Waals surface area contributed by atoms with E-state index in [1.165, 1.54) is 25.7 Å². The summed E-state index contributed by atoms with van der Waals surface area (Å²) in [5.41, 5.74) is 3.70. The van der Waals surface area contributed by atoms with Gasteiger partial charge >= 0.3 is 0 Å². The Bertz CT molecular complexity index is 885. The summed E-state index contributed by atoms with van der Waals surface area (Å²) in [6.45, 7) is 2.22. The highest BCUT2D eigenvalue weighted by Crippen LogP contribution is 2.39. The maximum absolute atomic E-state index is 6.24. The third-order valence-electron chi connectivity index (χ3n) is 4.41. The normalized spacial score (nSPS) is 15.2. The Morgan fingerprint density at radius 1 is 1.15 bits per heavy atom. The fourth-order valence-electron chi connectivity index (χ4n) is 2.98. The summed E-state index contributed by atoms with van der Waals surface area (Å²) in [6.07, 6.45) is 4.64. The number of hydrogen-bond donors (Lipinski definition) is 1. The van der Waals surface area contributed by atoms with Gasteiger partial charge in [-0.3, -0.25) is 0 Å². The van der Waals surface area contributed by atoms with Gasteiger partial charge in [-0.05, 0) is 29.3 Å². The van der Waals surface area contributed by atoms with Crippen molar-refractivity contribution in [3.05, 3.63) is 46.7 Å². The predicted molar refractivity (Wildman–Crippen MR) is 111 cm³/mol. The van der Waals surface area contributed by atoms with Crippen LogP contribution in [-0.4, -0.2) is 20.9 Å². The molecule has 0 saturated carbocycles. The van der Waals surface area contributed by atoms with Gasteiger partial charge in [-0.25, -0.2) is 0 Å². The molecule has 0 amide bonds. The maximum Gasteiger partial charge on any atom is 0.247 e. The maximum atomic E-state index is 6.24. The number of nitrogens with zero attached hydrogens (tertiary/aromatic N) is 3. The molecule has 0 unspecified atom stereocenters. The first-order valence-electron chi connectivity index (χ1n) is 9.27. The van der Waals surface area contributed by atoms with Crippen molar-refractivity contribution in [1.29, 1.82) is 0 Å². The zero-order chi connectivity index (χ0) is 18.5. The second-order valence-electron chi connectivity index (χ2n) is 6.40. The molecule has 0 radical (unpaired) electrons. The molecule has 0 aliphatic carbocycles. The van der Waals surface area contributed by atoms with E-state index >= 15 is 0 Å². The molecule has 140 valence electrons. The van der Waals surface area contributed by atoms with Gasteiger partial charge in [0.05, 0.1) is 0 Å². The molecule has 0 fully saturated rings. The molecular weight excluding hydrogens is 376 g/mol. The van der Waals surface area contributed by atoms with Crippen molar-refractivity contribution in [3.8, 4) is 17.1 Å². The number of hydrogen-bond acceptors (Lipinski definition) is 7. The summed E-state index contributed by atoms with van der Waals surface area (Å²) in [6, 6.07) is 10.1. The van der Waals surface area contributed by atoms with Gasteiger partial charge in [0.1, 0.15) is 0 Å². The Kier molecular flexibility index (Phi) is 5.89. The fourth-order valence-corrected chi connectivity index (χ4v) is 4.43. The molecule has 0 saturated heterocycles. The highest BCUT2D eigenvalue weighted by molar-refractivity contribution is 7.99. The summed E-state index contributed by atoms with van der Waals surface area (Å²) in [4.78, 5) is 4.68. The minimum Gasteiger partial charge on any atom is -0.448 e. The number of benzene rings is 1. The zero-order valence-corrected chi connectivity index (χ0v) is 16.9. The van der Waals surface area contributed by atoms with Crippen molar-refractivity contribution in [2.45, 2.75) is 44.0 Å². The van der Waals surface area contributed by atoms with Crippen molar-refractivity contribution in [2.75, 3.05) is 11.1 Å². The second-order valence-corrected chi connectivity index (χ2v) is 8.24. The molecule has 27 heavy (non-hydrogen) atoms. The lowest BCUT2D eigenvalue weighted by Crippen LogP contribution is -2.16. The molecule has 1 aliphatic rings. The Balaban J connectivity index is 1.61. The van der Waals surface area contributed by atoms with E-state index in [2.05, 4.69) is 38.9 Å². The van der Waals surface area contributed by atoms with Crippen LogP contribution in [0.15, 0.2) is 46.2 Å². The van der Waals surface area contributed by atoms with Gasteiger partial charge in [0.2, 0.25) is 11.0 Å². The Morgan fingerprint density at radius 3 is 2.93 bits per heavy atom. The van der Waals surface area contributed by atoms with Crippen LogP contribution in [-0.2, 0) is 0 Å².